The first-order valence-corrected chi connectivity index (χ1v) is 11.0. The number of hydrogen-bond acceptors (Lipinski definition) is 1. The van der Waals surface area contributed by atoms with Gasteiger partial charge in [0.25, 0.3) is 5.91 Å². The lowest BCUT2D eigenvalue weighted by molar-refractivity contribution is 0.102. The number of anilines is 1. The maximum atomic E-state index is 12.8. The van der Waals surface area contributed by atoms with Crippen molar-refractivity contribution < 1.29 is 4.79 Å². The van der Waals surface area contributed by atoms with Gasteiger partial charge in [0.05, 0.1) is 11.4 Å². The number of carbonyl (C=O) groups excluding carboxylic acids is 1. The molecule has 0 spiro atoms. The normalized spacial score (nSPS) is 10.7. The molecule has 0 fully saturated rings. The monoisotopic (exact) mass is 428 g/mol. The molecule has 5 rings (SSSR count). The summed E-state index contributed by atoms with van der Waals surface area (Å²) in [5.41, 5.74) is 7.98. The molecular formula is C30H24N2O. The van der Waals surface area contributed by atoms with Crippen molar-refractivity contribution in [1.82, 2.24) is 4.57 Å². The third kappa shape index (κ3) is 4.21. The highest BCUT2D eigenvalue weighted by atomic mass is 16.1. The standard InChI is InChI=1S/C30H24N2O/c1-22-10-8-9-15-27(22)31-30(33)25-16-18-26(19-17-25)32-28(23-11-4-2-5-12-23)20-21-29(32)24-13-6-3-7-14-24/h2-21H,1H3,(H,31,33). The van der Waals surface area contributed by atoms with E-state index in [2.05, 4.69) is 46.3 Å². The van der Waals surface area contributed by atoms with Gasteiger partial charge in [0, 0.05) is 16.9 Å². The van der Waals surface area contributed by atoms with E-state index in [-0.39, 0.29) is 5.91 Å². The van der Waals surface area contributed by atoms with Crippen molar-refractivity contribution >= 4 is 11.6 Å². The second kappa shape index (κ2) is 9.01. The topological polar surface area (TPSA) is 34.0 Å². The molecule has 160 valence electrons. The van der Waals surface area contributed by atoms with E-state index in [0.717, 1.165) is 39.5 Å². The van der Waals surface area contributed by atoms with Crippen molar-refractivity contribution in [2.24, 2.45) is 0 Å². The summed E-state index contributed by atoms with van der Waals surface area (Å²) in [6.45, 7) is 1.99. The van der Waals surface area contributed by atoms with Crippen LogP contribution in [0.2, 0.25) is 0 Å². The second-order valence-electron chi connectivity index (χ2n) is 7.99. The van der Waals surface area contributed by atoms with Crippen LogP contribution < -0.4 is 5.32 Å². The van der Waals surface area contributed by atoms with Gasteiger partial charge in [-0.15, -0.1) is 0 Å². The number of aryl methyl sites for hydroxylation is 1. The van der Waals surface area contributed by atoms with E-state index in [9.17, 15) is 4.79 Å². The van der Waals surface area contributed by atoms with Crippen LogP contribution in [-0.4, -0.2) is 10.5 Å². The minimum Gasteiger partial charge on any atom is -0.322 e. The Labute approximate surface area is 194 Å². The van der Waals surface area contributed by atoms with Crippen molar-refractivity contribution in [2.75, 3.05) is 5.32 Å². The lowest BCUT2D eigenvalue weighted by Gasteiger charge is -2.15. The van der Waals surface area contributed by atoms with E-state index in [1.165, 1.54) is 0 Å². The summed E-state index contributed by atoms with van der Waals surface area (Å²) in [5, 5.41) is 3.01. The molecule has 0 saturated heterocycles. The van der Waals surface area contributed by atoms with E-state index < -0.39 is 0 Å². The molecule has 33 heavy (non-hydrogen) atoms. The number of nitrogens with zero attached hydrogens (tertiary/aromatic N) is 1. The summed E-state index contributed by atoms with van der Waals surface area (Å²) in [6.07, 6.45) is 0. The van der Waals surface area contributed by atoms with Gasteiger partial charge in [0.2, 0.25) is 0 Å². The average Bonchev–Trinajstić information content (AvgIpc) is 3.32. The molecule has 0 bridgehead atoms. The average molecular weight is 429 g/mol. The molecule has 1 heterocycles. The molecular weight excluding hydrogens is 404 g/mol. The van der Waals surface area contributed by atoms with Crippen LogP contribution in [0.4, 0.5) is 5.69 Å². The third-order valence-corrected chi connectivity index (χ3v) is 5.80. The van der Waals surface area contributed by atoms with E-state index in [1.54, 1.807) is 0 Å². The first-order chi connectivity index (χ1) is 16.2. The number of carbonyl (C=O) groups is 1. The number of nitrogens with one attached hydrogen (secondary N) is 1. The Balaban J connectivity index is 1.53. The summed E-state index contributed by atoms with van der Waals surface area (Å²) in [7, 11) is 0. The van der Waals surface area contributed by atoms with E-state index in [0.29, 0.717) is 5.56 Å². The van der Waals surface area contributed by atoms with Gasteiger partial charge in [-0.2, -0.15) is 0 Å². The minimum absolute atomic E-state index is 0.116. The Bertz CT molecular complexity index is 1330. The fourth-order valence-electron chi connectivity index (χ4n) is 4.05. The highest BCUT2D eigenvalue weighted by Crippen LogP contribution is 2.32. The molecule has 1 aromatic heterocycles. The van der Waals surface area contributed by atoms with Gasteiger partial charge >= 0.3 is 0 Å². The zero-order valence-corrected chi connectivity index (χ0v) is 18.4. The molecule has 5 aromatic rings. The molecule has 0 aliphatic heterocycles. The summed E-state index contributed by atoms with van der Waals surface area (Å²) in [5.74, 6) is -0.116. The number of para-hydroxylation sites is 1. The highest BCUT2D eigenvalue weighted by Gasteiger charge is 2.14. The van der Waals surface area contributed by atoms with Crippen LogP contribution in [-0.2, 0) is 0 Å². The summed E-state index contributed by atoms with van der Waals surface area (Å²) in [4.78, 5) is 12.8. The van der Waals surface area contributed by atoms with Gasteiger partial charge in [0.1, 0.15) is 0 Å². The van der Waals surface area contributed by atoms with Crippen molar-refractivity contribution in [2.45, 2.75) is 6.92 Å². The van der Waals surface area contributed by atoms with Gasteiger partial charge in [0.15, 0.2) is 0 Å². The van der Waals surface area contributed by atoms with Crippen LogP contribution in [0.1, 0.15) is 15.9 Å². The molecule has 3 nitrogen and oxygen atoms in total. The van der Waals surface area contributed by atoms with Crippen molar-refractivity contribution in [3.05, 3.63) is 132 Å². The van der Waals surface area contributed by atoms with Gasteiger partial charge in [-0.25, -0.2) is 0 Å². The van der Waals surface area contributed by atoms with Gasteiger partial charge in [-0.1, -0.05) is 78.9 Å². The molecule has 0 saturated carbocycles. The van der Waals surface area contributed by atoms with E-state index in [1.807, 2.05) is 91.9 Å². The van der Waals surface area contributed by atoms with Gasteiger partial charge in [-0.3, -0.25) is 4.79 Å². The quantitative estimate of drug-likeness (QED) is 0.311. The zero-order valence-electron chi connectivity index (χ0n) is 18.4. The molecule has 0 atom stereocenters. The predicted octanol–water partition coefficient (Wildman–Crippen LogP) is 7.37. The number of amides is 1. The Morgan fingerprint density at radius 2 is 1.12 bits per heavy atom. The summed E-state index contributed by atoms with van der Waals surface area (Å²) < 4.78 is 2.24. The maximum absolute atomic E-state index is 12.8. The van der Waals surface area contributed by atoms with Crippen LogP contribution in [0, 0.1) is 6.92 Å². The Kier molecular flexibility index (Phi) is 5.61. The maximum Gasteiger partial charge on any atom is 0.255 e. The molecule has 0 unspecified atom stereocenters. The van der Waals surface area contributed by atoms with Crippen molar-refractivity contribution in [1.29, 1.82) is 0 Å². The SMILES string of the molecule is Cc1ccccc1NC(=O)c1ccc(-n2c(-c3ccccc3)ccc2-c2ccccc2)cc1. The third-order valence-electron chi connectivity index (χ3n) is 5.80. The second-order valence-corrected chi connectivity index (χ2v) is 7.99. The largest absolute Gasteiger partial charge is 0.322 e. The molecule has 3 heteroatoms. The lowest BCUT2D eigenvalue weighted by Crippen LogP contribution is -2.12. The van der Waals surface area contributed by atoms with E-state index in [4.69, 9.17) is 0 Å². The Morgan fingerprint density at radius 3 is 1.67 bits per heavy atom. The summed E-state index contributed by atoms with van der Waals surface area (Å²) in [6, 6.07) is 40.6. The van der Waals surface area contributed by atoms with E-state index >= 15 is 0 Å². The molecule has 1 N–H and O–H groups in total. The molecule has 0 aliphatic rings. The highest BCUT2D eigenvalue weighted by molar-refractivity contribution is 6.04. The Hall–Kier alpha value is -4.37. The number of benzene rings is 4. The molecule has 1 amide bonds. The molecule has 0 aliphatic carbocycles. The smallest absolute Gasteiger partial charge is 0.255 e. The fraction of sp³-hybridized carbons (Fsp3) is 0.0333. The van der Waals surface area contributed by atoms with Crippen molar-refractivity contribution in [3.8, 4) is 28.2 Å². The lowest BCUT2D eigenvalue weighted by atomic mass is 10.1. The van der Waals surface area contributed by atoms with Crippen LogP contribution in [0.5, 0.6) is 0 Å². The first-order valence-electron chi connectivity index (χ1n) is 11.0. The van der Waals surface area contributed by atoms with Crippen LogP contribution >= 0.6 is 0 Å². The number of aromatic nitrogens is 1. The van der Waals surface area contributed by atoms with Gasteiger partial charge < -0.3 is 9.88 Å². The van der Waals surface area contributed by atoms with Crippen LogP contribution in [0.3, 0.4) is 0 Å². The Morgan fingerprint density at radius 1 is 0.606 bits per heavy atom. The van der Waals surface area contributed by atoms with Crippen LogP contribution in [0.25, 0.3) is 28.2 Å². The zero-order chi connectivity index (χ0) is 22.6. The molecule has 4 aromatic carbocycles. The molecule has 0 radical (unpaired) electrons. The number of rotatable bonds is 5. The van der Waals surface area contributed by atoms with Crippen LogP contribution in [0.15, 0.2) is 121 Å². The minimum atomic E-state index is -0.116. The van der Waals surface area contributed by atoms with Crippen molar-refractivity contribution in [3.63, 3.8) is 0 Å². The summed E-state index contributed by atoms with van der Waals surface area (Å²) >= 11 is 0. The first kappa shape index (κ1) is 20.5. The predicted molar refractivity (Wildman–Crippen MR) is 136 cm³/mol. The van der Waals surface area contributed by atoms with Gasteiger partial charge in [-0.05, 0) is 66.1 Å². The number of hydrogen-bond donors (Lipinski definition) is 1. The fourth-order valence-corrected chi connectivity index (χ4v) is 4.05.